The summed E-state index contributed by atoms with van der Waals surface area (Å²) in [7, 11) is 0. The van der Waals surface area contributed by atoms with Crippen molar-refractivity contribution < 1.29 is 14.3 Å². The third-order valence-electron chi connectivity index (χ3n) is 2.28. The van der Waals surface area contributed by atoms with Crippen LogP contribution in [0.3, 0.4) is 0 Å². The third kappa shape index (κ3) is 4.31. The predicted molar refractivity (Wildman–Crippen MR) is 67.3 cm³/mol. The second-order valence-electron chi connectivity index (χ2n) is 5.05. The van der Waals surface area contributed by atoms with Gasteiger partial charge in [0.05, 0.1) is 6.42 Å². The number of ether oxygens (including phenoxy) is 1. The highest BCUT2D eigenvalue weighted by Crippen LogP contribution is 2.10. The number of imidazole rings is 1. The number of esters is 1. The zero-order valence-electron chi connectivity index (χ0n) is 11.4. The largest absolute Gasteiger partial charge is 0.460 e. The van der Waals surface area contributed by atoms with Crippen LogP contribution >= 0.6 is 0 Å². The number of aryl methyl sites for hydroxylation is 1. The van der Waals surface area contributed by atoms with Crippen molar-refractivity contribution in [1.29, 1.82) is 0 Å². The maximum atomic E-state index is 11.9. The highest BCUT2D eigenvalue weighted by Gasteiger charge is 2.19. The van der Waals surface area contributed by atoms with Crippen LogP contribution in [-0.4, -0.2) is 26.9 Å². The van der Waals surface area contributed by atoms with Gasteiger partial charge in [-0.05, 0) is 27.7 Å². The van der Waals surface area contributed by atoms with E-state index in [4.69, 9.17) is 4.74 Å². The zero-order valence-corrected chi connectivity index (χ0v) is 11.4. The van der Waals surface area contributed by atoms with Gasteiger partial charge in [0.25, 0.3) is 0 Å². The van der Waals surface area contributed by atoms with E-state index in [-0.39, 0.29) is 24.6 Å². The van der Waals surface area contributed by atoms with Crippen LogP contribution in [0.4, 0.5) is 0 Å². The molecule has 0 atom stereocenters. The number of carbonyl (C=O) groups excluding carboxylic acids is 2. The number of aromatic nitrogens is 2. The Morgan fingerprint density at radius 2 is 2.00 bits per heavy atom. The van der Waals surface area contributed by atoms with E-state index in [1.54, 1.807) is 37.7 Å². The molecule has 5 heteroatoms. The van der Waals surface area contributed by atoms with E-state index in [2.05, 4.69) is 4.98 Å². The smallest absolute Gasteiger partial charge is 0.306 e. The summed E-state index contributed by atoms with van der Waals surface area (Å²) in [6, 6.07) is 0. The topological polar surface area (TPSA) is 61.2 Å². The molecule has 1 aromatic heterocycles. The minimum atomic E-state index is -0.512. The lowest BCUT2D eigenvalue weighted by atomic mass is 10.1. The molecule has 0 N–H and O–H groups in total. The first-order valence-corrected chi connectivity index (χ1v) is 6.09. The van der Waals surface area contributed by atoms with Crippen molar-refractivity contribution in [3.05, 3.63) is 18.2 Å². The van der Waals surface area contributed by atoms with Gasteiger partial charge < -0.3 is 9.30 Å². The first-order chi connectivity index (χ1) is 8.33. The molecule has 0 aliphatic carbocycles. The Balaban J connectivity index is 2.49. The molecule has 0 aliphatic heterocycles. The summed E-state index contributed by atoms with van der Waals surface area (Å²) in [6.07, 6.45) is 3.56. The average molecular weight is 252 g/mol. The molecule has 0 spiro atoms. The molecule has 18 heavy (non-hydrogen) atoms. The van der Waals surface area contributed by atoms with Crippen molar-refractivity contribution in [2.24, 2.45) is 0 Å². The predicted octanol–water partition coefficient (Wildman–Crippen LogP) is 2.21. The molecule has 1 heterocycles. The second-order valence-corrected chi connectivity index (χ2v) is 5.05. The van der Waals surface area contributed by atoms with Gasteiger partial charge in [0.1, 0.15) is 5.60 Å². The van der Waals surface area contributed by atoms with Gasteiger partial charge in [0.2, 0.25) is 0 Å². The van der Waals surface area contributed by atoms with E-state index in [1.807, 2.05) is 6.92 Å². The van der Waals surface area contributed by atoms with E-state index < -0.39 is 5.60 Å². The molecule has 0 bridgehead atoms. The summed E-state index contributed by atoms with van der Waals surface area (Å²) in [6.45, 7) is 8.03. The lowest BCUT2D eigenvalue weighted by Gasteiger charge is -2.19. The monoisotopic (exact) mass is 252 g/mol. The van der Waals surface area contributed by atoms with Crippen LogP contribution in [0.5, 0.6) is 0 Å². The molecule has 0 unspecified atom stereocenters. The van der Waals surface area contributed by atoms with Crippen LogP contribution in [-0.2, 0) is 16.1 Å². The second kappa shape index (κ2) is 5.80. The molecular weight excluding hydrogens is 232 g/mol. The third-order valence-corrected chi connectivity index (χ3v) is 2.28. The molecule has 0 saturated carbocycles. The Hall–Kier alpha value is -1.65. The van der Waals surface area contributed by atoms with Gasteiger partial charge in [-0.3, -0.25) is 9.59 Å². The van der Waals surface area contributed by atoms with Crippen LogP contribution in [0.1, 0.15) is 51.2 Å². The van der Waals surface area contributed by atoms with E-state index in [0.717, 1.165) is 0 Å². The number of nitrogens with zero attached hydrogens (tertiary/aromatic N) is 2. The number of hydrogen-bond donors (Lipinski definition) is 0. The molecule has 0 saturated heterocycles. The molecule has 0 aromatic carbocycles. The molecule has 1 rings (SSSR count). The standard InChI is InChI=1S/C13H20N2O3/c1-5-15-9-8-14-12(15)10(16)6-7-11(17)18-13(2,3)4/h8-9H,5-7H2,1-4H3. The normalized spacial score (nSPS) is 11.3. The maximum absolute atomic E-state index is 11.9. The molecule has 0 radical (unpaired) electrons. The summed E-state index contributed by atoms with van der Waals surface area (Å²) in [5, 5.41) is 0. The molecule has 1 aromatic rings. The summed E-state index contributed by atoms with van der Waals surface area (Å²) in [4.78, 5) is 27.4. The van der Waals surface area contributed by atoms with Crippen molar-refractivity contribution in [1.82, 2.24) is 9.55 Å². The first-order valence-electron chi connectivity index (χ1n) is 6.09. The fourth-order valence-electron chi connectivity index (χ4n) is 1.54. The fourth-order valence-corrected chi connectivity index (χ4v) is 1.54. The van der Waals surface area contributed by atoms with Gasteiger partial charge in [-0.1, -0.05) is 0 Å². The van der Waals surface area contributed by atoms with Crippen molar-refractivity contribution >= 4 is 11.8 Å². The molecule has 5 nitrogen and oxygen atoms in total. The molecular formula is C13H20N2O3. The Morgan fingerprint density at radius 1 is 1.33 bits per heavy atom. The SMILES string of the molecule is CCn1ccnc1C(=O)CCC(=O)OC(C)(C)C. The number of hydrogen-bond acceptors (Lipinski definition) is 4. The van der Waals surface area contributed by atoms with Gasteiger partial charge in [0.15, 0.2) is 11.6 Å². The number of ketones is 1. The Kier molecular flexibility index (Phi) is 4.64. The average Bonchev–Trinajstić information content (AvgIpc) is 2.71. The first kappa shape index (κ1) is 14.4. The lowest BCUT2D eigenvalue weighted by Crippen LogP contribution is -2.24. The number of Topliss-reactive ketones (excluding diaryl/α,β-unsaturated/α-hetero) is 1. The summed E-state index contributed by atoms with van der Waals surface area (Å²) in [5.74, 6) is -0.0841. The van der Waals surface area contributed by atoms with E-state index in [1.165, 1.54) is 0 Å². The van der Waals surface area contributed by atoms with E-state index in [0.29, 0.717) is 12.4 Å². The Morgan fingerprint density at radius 3 is 2.56 bits per heavy atom. The number of carbonyl (C=O) groups is 2. The summed E-state index contributed by atoms with van der Waals surface area (Å²) >= 11 is 0. The van der Waals surface area contributed by atoms with Gasteiger partial charge in [-0.25, -0.2) is 4.98 Å². The van der Waals surface area contributed by atoms with Crippen LogP contribution < -0.4 is 0 Å². The van der Waals surface area contributed by atoms with Crippen LogP contribution in [0, 0.1) is 0 Å². The van der Waals surface area contributed by atoms with Crippen molar-refractivity contribution in [2.45, 2.75) is 52.7 Å². The van der Waals surface area contributed by atoms with Crippen LogP contribution in [0.15, 0.2) is 12.4 Å². The van der Waals surface area contributed by atoms with Crippen molar-refractivity contribution in [2.75, 3.05) is 0 Å². The van der Waals surface area contributed by atoms with Gasteiger partial charge in [0, 0.05) is 25.4 Å². The molecule has 0 amide bonds. The van der Waals surface area contributed by atoms with E-state index in [9.17, 15) is 9.59 Å². The van der Waals surface area contributed by atoms with Crippen molar-refractivity contribution in [3.63, 3.8) is 0 Å². The summed E-state index contributed by atoms with van der Waals surface area (Å²) < 4.78 is 6.90. The minimum absolute atomic E-state index is 0.0900. The highest BCUT2D eigenvalue weighted by molar-refractivity contribution is 5.94. The van der Waals surface area contributed by atoms with Crippen LogP contribution in [0.25, 0.3) is 0 Å². The highest BCUT2D eigenvalue weighted by atomic mass is 16.6. The Labute approximate surface area is 107 Å². The Bertz CT molecular complexity index is 430. The minimum Gasteiger partial charge on any atom is -0.460 e. The van der Waals surface area contributed by atoms with Gasteiger partial charge >= 0.3 is 5.97 Å². The molecule has 0 fully saturated rings. The van der Waals surface area contributed by atoms with Gasteiger partial charge in [-0.15, -0.1) is 0 Å². The van der Waals surface area contributed by atoms with Crippen molar-refractivity contribution in [3.8, 4) is 0 Å². The lowest BCUT2D eigenvalue weighted by molar-refractivity contribution is -0.154. The molecule has 0 aliphatic rings. The quantitative estimate of drug-likeness (QED) is 0.595. The summed E-state index contributed by atoms with van der Waals surface area (Å²) in [5.41, 5.74) is -0.512. The number of rotatable bonds is 5. The van der Waals surface area contributed by atoms with Gasteiger partial charge in [-0.2, -0.15) is 0 Å². The fraction of sp³-hybridized carbons (Fsp3) is 0.615. The zero-order chi connectivity index (χ0) is 13.8. The van der Waals surface area contributed by atoms with E-state index >= 15 is 0 Å². The maximum Gasteiger partial charge on any atom is 0.306 e. The molecule has 100 valence electrons. The van der Waals surface area contributed by atoms with Crippen LogP contribution in [0.2, 0.25) is 0 Å².